The predicted octanol–water partition coefficient (Wildman–Crippen LogP) is 2.82. The number of carbonyl (C=O) groups is 1. The average Bonchev–Trinajstić information content (AvgIpc) is 2.84. The Hall–Kier alpha value is -1.23. The molecule has 1 atom stereocenters. The van der Waals surface area contributed by atoms with Crippen molar-refractivity contribution in [1.82, 2.24) is 4.98 Å². The minimum atomic E-state index is -0.900. The van der Waals surface area contributed by atoms with Gasteiger partial charge in [0.2, 0.25) is 0 Å². The van der Waals surface area contributed by atoms with E-state index in [9.17, 15) is 9.90 Å². The van der Waals surface area contributed by atoms with Crippen LogP contribution in [0.3, 0.4) is 0 Å². The van der Waals surface area contributed by atoms with Crippen LogP contribution in [0, 0.1) is 0 Å². The Morgan fingerprint density at radius 2 is 2.37 bits per heavy atom. The van der Waals surface area contributed by atoms with Gasteiger partial charge in [0.25, 0.3) is 0 Å². The minimum Gasteiger partial charge on any atom is -0.478 e. The highest BCUT2D eigenvalue weighted by Gasteiger charge is 2.19. The second-order valence-electron chi connectivity index (χ2n) is 4.91. The summed E-state index contributed by atoms with van der Waals surface area (Å²) < 4.78 is 0. The van der Waals surface area contributed by atoms with E-state index in [0.29, 0.717) is 16.6 Å². The Bertz CT molecular complexity index is 477. The maximum absolute atomic E-state index is 11.3. The molecule has 4 nitrogen and oxygen atoms in total. The molecule has 0 aliphatic heterocycles. The number of fused-ring (bicyclic) bond motifs is 1. The molecular weight excluding hydrogens is 260 g/mol. The molecule has 1 aromatic rings. The molecule has 0 saturated heterocycles. The van der Waals surface area contributed by atoms with Crippen LogP contribution in [0.5, 0.6) is 0 Å². The number of hydrogen-bond acceptors (Lipinski definition) is 4. The average molecular weight is 280 g/mol. The maximum atomic E-state index is 11.3. The van der Waals surface area contributed by atoms with Crippen molar-refractivity contribution in [3.8, 4) is 0 Å². The Labute approximate surface area is 118 Å². The number of thioether (sulfide) groups is 1. The van der Waals surface area contributed by atoms with E-state index in [2.05, 4.69) is 23.5 Å². The van der Waals surface area contributed by atoms with Gasteiger partial charge in [0.05, 0.1) is 0 Å². The zero-order valence-corrected chi connectivity index (χ0v) is 12.2. The monoisotopic (exact) mass is 280 g/mol. The zero-order chi connectivity index (χ0) is 13.8. The van der Waals surface area contributed by atoms with Gasteiger partial charge in [-0.05, 0) is 43.6 Å². The van der Waals surface area contributed by atoms with E-state index in [1.54, 1.807) is 6.07 Å². The van der Waals surface area contributed by atoms with Gasteiger partial charge in [-0.1, -0.05) is 6.92 Å². The van der Waals surface area contributed by atoms with Crippen molar-refractivity contribution in [2.75, 3.05) is 18.1 Å². The van der Waals surface area contributed by atoms with Crippen molar-refractivity contribution in [3.05, 3.63) is 22.9 Å². The lowest BCUT2D eigenvalue weighted by Gasteiger charge is -2.13. The number of rotatable bonds is 6. The van der Waals surface area contributed by atoms with E-state index >= 15 is 0 Å². The first-order chi connectivity index (χ1) is 9.11. The van der Waals surface area contributed by atoms with E-state index in [0.717, 1.165) is 43.5 Å². The number of carboxylic acid groups (broad SMARTS) is 1. The quantitative estimate of drug-likeness (QED) is 0.839. The molecule has 0 bridgehead atoms. The van der Waals surface area contributed by atoms with Crippen LogP contribution in [-0.2, 0) is 12.8 Å². The molecule has 0 amide bonds. The third kappa shape index (κ3) is 3.41. The van der Waals surface area contributed by atoms with Gasteiger partial charge in [0.15, 0.2) is 0 Å². The van der Waals surface area contributed by atoms with Crippen LogP contribution >= 0.6 is 11.8 Å². The van der Waals surface area contributed by atoms with Crippen molar-refractivity contribution in [2.24, 2.45) is 0 Å². The van der Waals surface area contributed by atoms with E-state index in [-0.39, 0.29) is 0 Å². The number of carboxylic acids is 1. The first-order valence-corrected chi connectivity index (χ1v) is 7.93. The van der Waals surface area contributed by atoms with Crippen molar-refractivity contribution in [3.63, 3.8) is 0 Å². The van der Waals surface area contributed by atoms with Crippen molar-refractivity contribution in [2.45, 2.75) is 37.9 Å². The van der Waals surface area contributed by atoms with Gasteiger partial charge in [0.1, 0.15) is 11.4 Å². The number of pyridine rings is 1. The molecule has 2 rings (SSSR count). The molecule has 0 radical (unpaired) electrons. The summed E-state index contributed by atoms with van der Waals surface area (Å²) in [6.45, 7) is 2.93. The lowest BCUT2D eigenvalue weighted by molar-refractivity contribution is 0.0697. The Balaban J connectivity index is 2.12. The van der Waals surface area contributed by atoms with Crippen LogP contribution in [0.2, 0.25) is 0 Å². The van der Waals surface area contributed by atoms with Crippen molar-refractivity contribution in [1.29, 1.82) is 0 Å². The molecule has 0 fully saturated rings. The lowest BCUT2D eigenvalue weighted by Crippen LogP contribution is -2.13. The summed E-state index contributed by atoms with van der Waals surface area (Å²) in [5.41, 5.74) is 2.46. The lowest BCUT2D eigenvalue weighted by atomic mass is 10.1. The third-order valence-electron chi connectivity index (χ3n) is 3.53. The molecule has 0 saturated carbocycles. The molecule has 2 N–H and O–H groups in total. The van der Waals surface area contributed by atoms with Gasteiger partial charge in [0, 0.05) is 17.5 Å². The largest absolute Gasteiger partial charge is 0.478 e. The normalized spacial score (nSPS) is 15.1. The summed E-state index contributed by atoms with van der Waals surface area (Å²) in [6, 6.07) is 1.79. The topological polar surface area (TPSA) is 62.2 Å². The van der Waals surface area contributed by atoms with Gasteiger partial charge >= 0.3 is 5.97 Å². The molecular formula is C14H20N2O2S. The van der Waals surface area contributed by atoms with Crippen LogP contribution in [-0.4, -0.2) is 34.1 Å². The zero-order valence-electron chi connectivity index (χ0n) is 11.4. The molecule has 1 aliphatic rings. The number of aromatic nitrogens is 1. The summed E-state index contributed by atoms with van der Waals surface area (Å²) in [7, 11) is 0. The van der Waals surface area contributed by atoms with Gasteiger partial charge in [-0.3, -0.25) is 0 Å². The first-order valence-electron chi connectivity index (χ1n) is 6.64. The number of nitrogens with zero attached hydrogens (tertiary/aromatic N) is 1. The fourth-order valence-electron chi connectivity index (χ4n) is 2.28. The highest BCUT2D eigenvalue weighted by molar-refractivity contribution is 7.99. The van der Waals surface area contributed by atoms with Crippen molar-refractivity contribution >= 4 is 23.5 Å². The highest BCUT2D eigenvalue weighted by Crippen LogP contribution is 2.25. The Morgan fingerprint density at radius 3 is 3.05 bits per heavy atom. The molecule has 1 aromatic heterocycles. The first kappa shape index (κ1) is 14.2. The number of nitrogens with one attached hydrogen (secondary N) is 1. The van der Waals surface area contributed by atoms with E-state index in [1.165, 1.54) is 0 Å². The van der Waals surface area contributed by atoms with Crippen LogP contribution in [0.25, 0.3) is 0 Å². The summed E-state index contributed by atoms with van der Waals surface area (Å²) in [5.74, 6) is -0.371. The molecule has 0 aromatic carbocycles. The second kappa shape index (κ2) is 6.28. The number of hydrogen-bond donors (Lipinski definition) is 2. The molecule has 1 aliphatic carbocycles. The van der Waals surface area contributed by atoms with Crippen LogP contribution in [0.1, 0.15) is 41.4 Å². The highest BCUT2D eigenvalue weighted by atomic mass is 32.2. The summed E-state index contributed by atoms with van der Waals surface area (Å²) in [6.07, 6.45) is 6.08. The third-order valence-corrected chi connectivity index (χ3v) is 4.57. The smallest absolute Gasteiger partial charge is 0.339 e. The molecule has 19 heavy (non-hydrogen) atoms. The van der Waals surface area contributed by atoms with E-state index < -0.39 is 5.97 Å². The summed E-state index contributed by atoms with van der Waals surface area (Å²) >= 11 is 1.81. The number of aromatic carboxylic acids is 1. The second-order valence-corrected chi connectivity index (χ2v) is 6.19. The summed E-state index contributed by atoms with van der Waals surface area (Å²) in [4.78, 5) is 15.8. The molecule has 1 heterocycles. The number of anilines is 1. The Morgan fingerprint density at radius 1 is 1.58 bits per heavy atom. The SMILES string of the molecule is CSC(C)CCNc1nc2c(cc1C(=O)O)CCC2. The minimum absolute atomic E-state index is 0.303. The van der Waals surface area contributed by atoms with Gasteiger partial charge < -0.3 is 10.4 Å². The predicted molar refractivity (Wildman–Crippen MR) is 79.3 cm³/mol. The fourth-order valence-corrected chi connectivity index (χ4v) is 2.64. The van der Waals surface area contributed by atoms with Crippen LogP contribution in [0.15, 0.2) is 6.07 Å². The molecule has 104 valence electrons. The standard InChI is InChI=1S/C14H20N2O2S/c1-9(19-2)6-7-15-13-11(14(17)18)8-10-4-3-5-12(10)16-13/h8-9H,3-7H2,1-2H3,(H,15,16)(H,17,18). The van der Waals surface area contributed by atoms with Crippen LogP contribution in [0.4, 0.5) is 5.82 Å². The van der Waals surface area contributed by atoms with E-state index in [1.807, 2.05) is 11.8 Å². The molecule has 5 heteroatoms. The van der Waals surface area contributed by atoms with Crippen molar-refractivity contribution < 1.29 is 9.90 Å². The van der Waals surface area contributed by atoms with Gasteiger partial charge in [-0.2, -0.15) is 11.8 Å². The Kier molecular flexibility index (Phi) is 4.69. The summed E-state index contributed by atoms with van der Waals surface area (Å²) in [5, 5.41) is 13.0. The molecule has 1 unspecified atom stereocenters. The van der Waals surface area contributed by atoms with E-state index in [4.69, 9.17) is 0 Å². The van der Waals surface area contributed by atoms with Gasteiger partial charge in [-0.25, -0.2) is 9.78 Å². The molecule has 0 spiro atoms. The number of aryl methyl sites for hydroxylation is 2. The van der Waals surface area contributed by atoms with Crippen LogP contribution < -0.4 is 5.32 Å². The maximum Gasteiger partial charge on any atom is 0.339 e. The van der Waals surface area contributed by atoms with Gasteiger partial charge in [-0.15, -0.1) is 0 Å². The fraction of sp³-hybridized carbons (Fsp3) is 0.571.